The first-order chi connectivity index (χ1) is 9.47. The van der Waals surface area contributed by atoms with Gasteiger partial charge in [0.25, 0.3) is 0 Å². The third-order valence-corrected chi connectivity index (χ3v) is 3.69. The average molecular weight is 277 g/mol. The smallest absolute Gasteiger partial charge is 0.310 e. The van der Waals surface area contributed by atoms with E-state index in [0.29, 0.717) is 25.4 Å². The van der Waals surface area contributed by atoms with Crippen LogP contribution in [-0.4, -0.2) is 30.6 Å². The van der Waals surface area contributed by atoms with Crippen LogP contribution in [0.4, 0.5) is 5.69 Å². The fraction of sp³-hybridized carbons (Fsp3) is 0.533. The molecule has 0 spiro atoms. The van der Waals surface area contributed by atoms with E-state index in [1.54, 1.807) is 19.1 Å². The lowest BCUT2D eigenvalue weighted by Gasteiger charge is -2.32. The summed E-state index contributed by atoms with van der Waals surface area (Å²) in [6, 6.07) is 7.46. The maximum absolute atomic E-state index is 11.3. The summed E-state index contributed by atoms with van der Waals surface area (Å²) < 4.78 is 16.3. The highest BCUT2D eigenvalue weighted by molar-refractivity contribution is 5.72. The van der Waals surface area contributed by atoms with Crippen LogP contribution in [0.2, 0.25) is 0 Å². The lowest BCUT2D eigenvalue weighted by molar-refractivity contribution is -0.134. The van der Waals surface area contributed by atoms with E-state index in [2.05, 4.69) is 4.90 Å². The molecule has 0 amide bonds. The van der Waals surface area contributed by atoms with Crippen LogP contribution < -0.4 is 9.64 Å². The summed E-state index contributed by atoms with van der Waals surface area (Å²) in [6.07, 6.45) is 0.367. The number of carbonyl (C=O) groups excluding carboxylic acids is 1. The number of ether oxygens (including phenoxy) is 3. The van der Waals surface area contributed by atoms with Gasteiger partial charge in [0.05, 0.1) is 13.2 Å². The summed E-state index contributed by atoms with van der Waals surface area (Å²) in [6.45, 7) is 7.25. The van der Waals surface area contributed by atoms with E-state index in [-0.39, 0.29) is 17.4 Å². The third kappa shape index (κ3) is 2.39. The monoisotopic (exact) mass is 277 g/mol. The van der Waals surface area contributed by atoms with Crippen molar-refractivity contribution in [3.05, 3.63) is 24.3 Å². The van der Waals surface area contributed by atoms with Crippen LogP contribution in [0.3, 0.4) is 0 Å². The first-order valence-corrected chi connectivity index (χ1v) is 6.86. The molecule has 0 bridgehead atoms. The molecule has 5 heteroatoms. The lowest BCUT2D eigenvalue weighted by atomic mass is 10.1. The van der Waals surface area contributed by atoms with Gasteiger partial charge in [-0.25, -0.2) is 0 Å². The van der Waals surface area contributed by atoms with E-state index < -0.39 is 0 Å². The normalized spacial score (nSPS) is 30.8. The van der Waals surface area contributed by atoms with Gasteiger partial charge in [-0.1, -0.05) is 6.92 Å². The predicted molar refractivity (Wildman–Crippen MR) is 73.6 cm³/mol. The van der Waals surface area contributed by atoms with Crippen LogP contribution in [-0.2, 0) is 14.3 Å². The molecule has 2 atom stereocenters. The van der Waals surface area contributed by atoms with Gasteiger partial charge in [0.1, 0.15) is 5.75 Å². The summed E-state index contributed by atoms with van der Waals surface area (Å²) in [5, 5.41) is 0. The number of esters is 1. The number of hydrogen-bond acceptors (Lipinski definition) is 5. The molecule has 20 heavy (non-hydrogen) atoms. The lowest BCUT2D eigenvalue weighted by Crippen LogP contribution is -2.46. The second kappa shape index (κ2) is 4.46. The molecule has 1 aromatic rings. The molecule has 0 N–H and O–H groups in total. The molecule has 2 saturated heterocycles. The van der Waals surface area contributed by atoms with E-state index >= 15 is 0 Å². The Labute approximate surface area is 118 Å². The number of rotatable bonds is 5. The summed E-state index contributed by atoms with van der Waals surface area (Å²) in [7, 11) is 0. The topological polar surface area (TPSA) is 54.6 Å². The first kappa shape index (κ1) is 13.4. The van der Waals surface area contributed by atoms with Crippen LogP contribution in [0, 0.1) is 0 Å². The van der Waals surface area contributed by atoms with Gasteiger partial charge in [-0.15, -0.1) is 0 Å². The predicted octanol–water partition coefficient (Wildman–Crippen LogP) is 2.30. The highest BCUT2D eigenvalue weighted by atomic mass is 16.7. The SMILES string of the molecule is CCC(=O)Oc1ccc(N(C2(C)CO2)C2(C)CO2)cc1. The van der Waals surface area contributed by atoms with Crippen molar-refractivity contribution in [1.82, 2.24) is 0 Å². The van der Waals surface area contributed by atoms with Crippen LogP contribution in [0.1, 0.15) is 27.2 Å². The molecule has 5 nitrogen and oxygen atoms in total. The molecule has 0 radical (unpaired) electrons. The average Bonchev–Trinajstić information content (AvgIpc) is 3.33. The molecular formula is C15H19NO4. The Morgan fingerprint density at radius 3 is 2.10 bits per heavy atom. The van der Waals surface area contributed by atoms with E-state index in [4.69, 9.17) is 14.2 Å². The molecule has 0 saturated carbocycles. The van der Waals surface area contributed by atoms with Gasteiger partial charge in [0.2, 0.25) is 0 Å². The third-order valence-electron chi connectivity index (χ3n) is 3.69. The summed E-state index contributed by atoms with van der Waals surface area (Å²) in [4.78, 5) is 13.4. The highest BCUT2D eigenvalue weighted by Gasteiger charge is 2.58. The fourth-order valence-electron chi connectivity index (χ4n) is 2.38. The van der Waals surface area contributed by atoms with Gasteiger partial charge in [-0.3, -0.25) is 4.79 Å². The zero-order chi connectivity index (χ0) is 14.4. The molecule has 2 heterocycles. The first-order valence-electron chi connectivity index (χ1n) is 6.86. The minimum atomic E-state index is -0.299. The molecule has 1 aromatic carbocycles. The number of anilines is 1. The Bertz CT molecular complexity index is 499. The van der Waals surface area contributed by atoms with Crippen molar-refractivity contribution in [3.8, 4) is 5.75 Å². The van der Waals surface area contributed by atoms with Crippen LogP contribution >= 0.6 is 0 Å². The molecule has 3 rings (SSSR count). The Kier molecular flexibility index (Phi) is 2.99. The molecule has 0 aliphatic carbocycles. The maximum Gasteiger partial charge on any atom is 0.310 e. The van der Waals surface area contributed by atoms with Crippen LogP contribution in [0.25, 0.3) is 0 Å². The van der Waals surface area contributed by atoms with E-state index in [1.807, 2.05) is 26.0 Å². The van der Waals surface area contributed by atoms with Crippen LogP contribution in [0.15, 0.2) is 24.3 Å². The van der Waals surface area contributed by atoms with Crippen molar-refractivity contribution in [3.63, 3.8) is 0 Å². The van der Waals surface area contributed by atoms with Crippen LogP contribution in [0.5, 0.6) is 5.75 Å². The number of benzene rings is 1. The Hall–Kier alpha value is -1.59. The molecule has 0 aromatic heterocycles. The number of carbonyl (C=O) groups is 1. The second-order valence-corrected chi connectivity index (χ2v) is 5.58. The Morgan fingerprint density at radius 2 is 1.70 bits per heavy atom. The van der Waals surface area contributed by atoms with Gasteiger partial charge in [-0.05, 0) is 38.1 Å². The van der Waals surface area contributed by atoms with Crippen molar-refractivity contribution in [1.29, 1.82) is 0 Å². The minimum Gasteiger partial charge on any atom is -0.427 e. The van der Waals surface area contributed by atoms with E-state index in [1.165, 1.54) is 0 Å². The Balaban J connectivity index is 1.80. The van der Waals surface area contributed by atoms with Crippen molar-refractivity contribution in [2.24, 2.45) is 0 Å². The highest BCUT2D eigenvalue weighted by Crippen LogP contribution is 2.46. The standard InChI is InChI=1S/C15H19NO4/c1-4-13(17)20-12-7-5-11(6-8-12)16(14(2)9-18-14)15(3)10-19-15/h5-8H,4,9-10H2,1-3H3. The second-order valence-electron chi connectivity index (χ2n) is 5.58. The zero-order valence-electron chi connectivity index (χ0n) is 12.0. The number of hydrogen-bond donors (Lipinski definition) is 0. The summed E-state index contributed by atoms with van der Waals surface area (Å²) in [5.41, 5.74) is 0.404. The molecule has 2 unspecified atom stereocenters. The van der Waals surface area contributed by atoms with Crippen molar-refractivity contribution in [2.45, 2.75) is 38.6 Å². The molecule has 2 aliphatic heterocycles. The van der Waals surface area contributed by atoms with Crippen molar-refractivity contribution < 1.29 is 19.0 Å². The van der Waals surface area contributed by atoms with Crippen molar-refractivity contribution >= 4 is 11.7 Å². The van der Waals surface area contributed by atoms with Gasteiger partial charge in [-0.2, -0.15) is 0 Å². The quantitative estimate of drug-likeness (QED) is 0.469. The zero-order valence-corrected chi connectivity index (χ0v) is 12.0. The van der Waals surface area contributed by atoms with Gasteiger partial charge in [0.15, 0.2) is 11.4 Å². The number of nitrogens with zero attached hydrogens (tertiary/aromatic N) is 1. The van der Waals surface area contributed by atoms with Gasteiger partial charge in [0, 0.05) is 12.1 Å². The largest absolute Gasteiger partial charge is 0.427 e. The molecule has 108 valence electrons. The molecular weight excluding hydrogens is 258 g/mol. The molecule has 2 fully saturated rings. The van der Waals surface area contributed by atoms with Gasteiger partial charge < -0.3 is 19.1 Å². The Morgan fingerprint density at radius 1 is 1.20 bits per heavy atom. The van der Waals surface area contributed by atoms with E-state index in [0.717, 1.165) is 5.69 Å². The van der Waals surface area contributed by atoms with Crippen molar-refractivity contribution in [2.75, 3.05) is 18.1 Å². The minimum absolute atomic E-state index is 0.232. The van der Waals surface area contributed by atoms with E-state index in [9.17, 15) is 4.79 Å². The number of epoxide rings is 2. The molecule has 2 aliphatic rings. The van der Waals surface area contributed by atoms with Gasteiger partial charge >= 0.3 is 5.97 Å². The fourth-order valence-corrected chi connectivity index (χ4v) is 2.38. The summed E-state index contributed by atoms with van der Waals surface area (Å²) in [5.74, 6) is 0.328. The summed E-state index contributed by atoms with van der Waals surface area (Å²) >= 11 is 0. The maximum atomic E-state index is 11.3.